The van der Waals surface area contributed by atoms with Crippen LogP contribution in [0.25, 0.3) is 0 Å². The van der Waals surface area contributed by atoms with Gasteiger partial charge < -0.3 is 22.9 Å². The first-order valence-electron chi connectivity index (χ1n) is 5.36. The highest BCUT2D eigenvalue weighted by atomic mass is 15.3. The number of nitrogens with two attached hydrogens (primary N) is 4. The van der Waals surface area contributed by atoms with Crippen molar-refractivity contribution < 1.29 is 0 Å². The van der Waals surface area contributed by atoms with Gasteiger partial charge in [0.05, 0.1) is 5.71 Å². The minimum atomic E-state index is -0.150. The fourth-order valence-electron chi connectivity index (χ4n) is 1.22. The van der Waals surface area contributed by atoms with Gasteiger partial charge in [-0.2, -0.15) is 0 Å². The predicted molar refractivity (Wildman–Crippen MR) is 77.7 cm³/mol. The van der Waals surface area contributed by atoms with Gasteiger partial charge in [-0.25, -0.2) is 0 Å². The van der Waals surface area contributed by atoms with Crippen molar-refractivity contribution in [2.24, 2.45) is 43.3 Å². The van der Waals surface area contributed by atoms with E-state index in [-0.39, 0.29) is 11.9 Å². The molecule has 100 valence electrons. The van der Waals surface area contributed by atoms with Crippen molar-refractivity contribution in [3.8, 4) is 0 Å². The van der Waals surface area contributed by atoms with Gasteiger partial charge in [-0.05, 0) is 6.92 Å². The van der Waals surface area contributed by atoms with Crippen LogP contribution >= 0.6 is 0 Å². The Kier molecular flexibility index (Phi) is 5.03. The van der Waals surface area contributed by atoms with Crippen molar-refractivity contribution >= 4 is 23.3 Å². The van der Waals surface area contributed by atoms with Gasteiger partial charge in [0.1, 0.15) is 5.71 Å². The van der Waals surface area contributed by atoms with Crippen LogP contribution in [0.15, 0.2) is 50.7 Å². The zero-order chi connectivity index (χ0) is 14.3. The molecular weight excluding hydrogens is 244 g/mol. The van der Waals surface area contributed by atoms with E-state index in [1.165, 1.54) is 0 Å². The fraction of sp³-hybridized carbons (Fsp3) is 0.0909. The summed E-state index contributed by atoms with van der Waals surface area (Å²) < 4.78 is 0. The number of guanidine groups is 2. The van der Waals surface area contributed by atoms with Gasteiger partial charge in [0.25, 0.3) is 0 Å². The van der Waals surface area contributed by atoms with Crippen molar-refractivity contribution in [1.82, 2.24) is 0 Å². The van der Waals surface area contributed by atoms with Crippen LogP contribution in [0.2, 0.25) is 0 Å². The molecule has 8 nitrogen and oxygen atoms in total. The molecule has 0 saturated carbocycles. The average Bonchev–Trinajstić information content (AvgIpc) is 2.37. The third-order valence-electron chi connectivity index (χ3n) is 1.97. The molecule has 1 rings (SSSR count). The van der Waals surface area contributed by atoms with Gasteiger partial charge in [0.2, 0.25) is 11.9 Å². The maximum absolute atomic E-state index is 5.25. The van der Waals surface area contributed by atoms with Crippen LogP contribution in [0.5, 0.6) is 0 Å². The van der Waals surface area contributed by atoms with Crippen LogP contribution < -0.4 is 22.9 Å². The summed E-state index contributed by atoms with van der Waals surface area (Å²) in [4.78, 5) is 0. The van der Waals surface area contributed by atoms with Crippen molar-refractivity contribution in [2.75, 3.05) is 0 Å². The maximum Gasteiger partial charge on any atom is 0.211 e. The summed E-state index contributed by atoms with van der Waals surface area (Å²) in [5, 5.41) is 15.0. The Bertz CT molecular complexity index is 533. The number of rotatable bonds is 4. The molecule has 8 heteroatoms. The molecule has 1 aromatic rings. The smallest absolute Gasteiger partial charge is 0.211 e. The Labute approximate surface area is 110 Å². The first kappa shape index (κ1) is 14.2. The van der Waals surface area contributed by atoms with Crippen molar-refractivity contribution in [1.29, 1.82) is 0 Å². The van der Waals surface area contributed by atoms with Crippen molar-refractivity contribution in [3.05, 3.63) is 35.9 Å². The maximum atomic E-state index is 5.25. The van der Waals surface area contributed by atoms with Crippen LogP contribution in [-0.4, -0.2) is 23.3 Å². The molecule has 0 atom stereocenters. The molecule has 0 aliphatic heterocycles. The second-order valence-electron chi connectivity index (χ2n) is 3.55. The van der Waals surface area contributed by atoms with Crippen LogP contribution in [-0.2, 0) is 0 Å². The normalized spacial score (nSPS) is 11.8. The van der Waals surface area contributed by atoms with Gasteiger partial charge in [0.15, 0.2) is 0 Å². The zero-order valence-electron chi connectivity index (χ0n) is 10.5. The molecule has 0 aliphatic carbocycles. The van der Waals surface area contributed by atoms with Crippen molar-refractivity contribution in [2.45, 2.75) is 6.92 Å². The molecule has 1 aromatic carbocycles. The molecule has 0 bridgehead atoms. The van der Waals surface area contributed by atoms with Crippen LogP contribution in [0.3, 0.4) is 0 Å². The van der Waals surface area contributed by atoms with Gasteiger partial charge in [0, 0.05) is 5.56 Å². The third-order valence-corrected chi connectivity index (χ3v) is 1.97. The summed E-state index contributed by atoms with van der Waals surface area (Å²) >= 11 is 0. The van der Waals surface area contributed by atoms with Crippen LogP contribution in [0.4, 0.5) is 0 Å². The lowest BCUT2D eigenvalue weighted by atomic mass is 10.1. The SMILES string of the molecule is CC(=N\N=C(N)N)/C(=N/N=C(N)N)c1ccccc1. The highest BCUT2D eigenvalue weighted by Gasteiger charge is 2.07. The third kappa shape index (κ3) is 4.86. The Morgan fingerprint density at radius 3 is 1.84 bits per heavy atom. The molecule has 0 amide bonds. The number of hydrogen-bond acceptors (Lipinski definition) is 4. The first-order chi connectivity index (χ1) is 9.00. The highest BCUT2D eigenvalue weighted by molar-refractivity contribution is 6.47. The second kappa shape index (κ2) is 6.74. The van der Waals surface area contributed by atoms with Crippen LogP contribution in [0, 0.1) is 0 Å². The Hall–Kier alpha value is -2.90. The quantitative estimate of drug-likeness (QED) is 0.321. The van der Waals surface area contributed by atoms with Crippen molar-refractivity contribution in [3.63, 3.8) is 0 Å². The molecule has 0 aliphatic rings. The predicted octanol–water partition coefficient (Wildman–Crippen LogP) is -0.687. The van der Waals surface area contributed by atoms with Gasteiger partial charge in [-0.1, -0.05) is 30.3 Å². The minimum absolute atomic E-state index is 0.145. The summed E-state index contributed by atoms with van der Waals surface area (Å²) in [5.74, 6) is -0.295. The molecule has 19 heavy (non-hydrogen) atoms. The van der Waals surface area contributed by atoms with Gasteiger partial charge in [-0.3, -0.25) is 0 Å². The average molecular weight is 260 g/mol. The van der Waals surface area contributed by atoms with E-state index >= 15 is 0 Å². The molecule has 0 fully saturated rings. The van der Waals surface area contributed by atoms with E-state index in [0.717, 1.165) is 5.56 Å². The summed E-state index contributed by atoms with van der Waals surface area (Å²) in [6.07, 6.45) is 0. The summed E-state index contributed by atoms with van der Waals surface area (Å²) in [6.45, 7) is 1.69. The van der Waals surface area contributed by atoms with Crippen LogP contribution in [0.1, 0.15) is 12.5 Å². The topological polar surface area (TPSA) is 154 Å². The lowest BCUT2D eigenvalue weighted by Gasteiger charge is -2.03. The highest BCUT2D eigenvalue weighted by Crippen LogP contribution is 2.04. The molecule has 0 unspecified atom stereocenters. The summed E-state index contributed by atoms with van der Waals surface area (Å²) in [6, 6.07) is 9.28. The molecule has 8 N–H and O–H groups in total. The summed E-state index contributed by atoms with van der Waals surface area (Å²) in [7, 11) is 0. The molecule has 0 heterocycles. The standard InChI is InChI=1S/C11H16N8/c1-7(16-18-10(12)13)9(17-19-11(14)15)8-5-3-2-4-6-8/h2-6H,1H3,(H4,12,13,18)(H4,14,15,19)/b16-7+,17-9-. The molecule has 0 spiro atoms. The zero-order valence-corrected chi connectivity index (χ0v) is 10.5. The van der Waals surface area contributed by atoms with E-state index in [2.05, 4.69) is 20.4 Å². The Balaban J connectivity index is 3.22. The Morgan fingerprint density at radius 1 is 0.789 bits per heavy atom. The van der Waals surface area contributed by atoms with E-state index < -0.39 is 0 Å². The molecule has 0 radical (unpaired) electrons. The Morgan fingerprint density at radius 2 is 1.32 bits per heavy atom. The fourth-order valence-corrected chi connectivity index (χ4v) is 1.22. The van der Waals surface area contributed by atoms with E-state index in [1.807, 2.05) is 30.3 Å². The van der Waals surface area contributed by atoms with E-state index in [4.69, 9.17) is 22.9 Å². The number of nitrogens with zero attached hydrogens (tertiary/aromatic N) is 4. The van der Waals surface area contributed by atoms with E-state index in [1.54, 1.807) is 6.92 Å². The second-order valence-corrected chi connectivity index (χ2v) is 3.55. The number of hydrogen-bond donors (Lipinski definition) is 4. The molecule has 0 aromatic heterocycles. The lowest BCUT2D eigenvalue weighted by molar-refractivity contribution is 1.18. The van der Waals surface area contributed by atoms with E-state index in [9.17, 15) is 0 Å². The molecule has 0 saturated heterocycles. The first-order valence-corrected chi connectivity index (χ1v) is 5.36. The largest absolute Gasteiger partial charge is 0.369 e. The lowest BCUT2D eigenvalue weighted by Crippen LogP contribution is -2.23. The number of benzene rings is 1. The van der Waals surface area contributed by atoms with Gasteiger partial charge in [-0.15, -0.1) is 20.4 Å². The van der Waals surface area contributed by atoms with Gasteiger partial charge >= 0.3 is 0 Å². The monoisotopic (exact) mass is 260 g/mol. The molecular formula is C11H16N8. The van der Waals surface area contributed by atoms with E-state index in [0.29, 0.717) is 11.4 Å². The minimum Gasteiger partial charge on any atom is -0.369 e. The summed E-state index contributed by atoms with van der Waals surface area (Å²) in [5.41, 5.74) is 22.7.